The van der Waals surface area contributed by atoms with Crippen LogP contribution in [-0.2, 0) is 22.4 Å². The summed E-state index contributed by atoms with van der Waals surface area (Å²) in [5.41, 5.74) is 2.03. The molecule has 2 aromatic rings. The van der Waals surface area contributed by atoms with Crippen molar-refractivity contribution in [3.63, 3.8) is 0 Å². The molecule has 1 unspecified atom stereocenters. The number of benzene rings is 1. The highest BCUT2D eigenvalue weighted by Gasteiger charge is 2.25. The standard InChI is InChI=1S/C18H19NO3S/c1-12(17(20)19(2)14-8-4-3-5-9-14)22-18(21)16-11-13-7-6-10-15(13)23-16/h3-5,8-9,11-12H,6-7,10H2,1-2H3. The van der Waals surface area contributed by atoms with Crippen LogP contribution in [0.4, 0.5) is 5.69 Å². The van der Waals surface area contributed by atoms with Crippen molar-refractivity contribution >= 4 is 28.9 Å². The van der Waals surface area contributed by atoms with Gasteiger partial charge in [0.2, 0.25) is 0 Å². The van der Waals surface area contributed by atoms with E-state index in [1.165, 1.54) is 26.7 Å². The number of amides is 1. The summed E-state index contributed by atoms with van der Waals surface area (Å²) in [6.07, 6.45) is 2.42. The number of carbonyl (C=O) groups is 2. The normalized spacial score (nSPS) is 14.2. The Morgan fingerprint density at radius 3 is 2.65 bits per heavy atom. The minimum atomic E-state index is -0.815. The summed E-state index contributed by atoms with van der Waals surface area (Å²) in [4.78, 5) is 28.0. The first kappa shape index (κ1) is 15.7. The minimum Gasteiger partial charge on any atom is -0.448 e. The highest BCUT2D eigenvalue weighted by Crippen LogP contribution is 2.31. The summed E-state index contributed by atoms with van der Waals surface area (Å²) in [5, 5.41) is 0. The molecule has 1 atom stereocenters. The van der Waals surface area contributed by atoms with Crippen molar-refractivity contribution in [2.45, 2.75) is 32.3 Å². The van der Waals surface area contributed by atoms with Gasteiger partial charge in [0, 0.05) is 17.6 Å². The predicted octanol–water partition coefficient (Wildman–Crippen LogP) is 3.45. The van der Waals surface area contributed by atoms with Crippen molar-refractivity contribution in [2.75, 3.05) is 11.9 Å². The van der Waals surface area contributed by atoms with E-state index in [1.807, 2.05) is 36.4 Å². The minimum absolute atomic E-state index is 0.242. The first-order valence-corrected chi connectivity index (χ1v) is 8.53. The van der Waals surface area contributed by atoms with E-state index in [4.69, 9.17) is 4.74 Å². The van der Waals surface area contributed by atoms with Gasteiger partial charge in [-0.2, -0.15) is 0 Å². The monoisotopic (exact) mass is 329 g/mol. The molecule has 3 rings (SSSR count). The van der Waals surface area contributed by atoms with Gasteiger partial charge in [0.15, 0.2) is 6.10 Å². The van der Waals surface area contributed by atoms with Gasteiger partial charge < -0.3 is 9.64 Å². The third-order valence-electron chi connectivity index (χ3n) is 4.05. The van der Waals surface area contributed by atoms with E-state index >= 15 is 0 Å². The van der Waals surface area contributed by atoms with Crippen molar-refractivity contribution in [2.24, 2.45) is 0 Å². The van der Waals surface area contributed by atoms with Gasteiger partial charge in [0.1, 0.15) is 4.88 Å². The maximum atomic E-state index is 12.4. The lowest BCUT2D eigenvalue weighted by Crippen LogP contribution is -2.37. The molecular weight excluding hydrogens is 310 g/mol. The van der Waals surface area contributed by atoms with Crippen molar-refractivity contribution < 1.29 is 14.3 Å². The average molecular weight is 329 g/mol. The van der Waals surface area contributed by atoms with Crippen LogP contribution in [0.5, 0.6) is 0 Å². The fourth-order valence-electron chi connectivity index (χ4n) is 2.75. The van der Waals surface area contributed by atoms with Crippen LogP contribution in [0.25, 0.3) is 0 Å². The SMILES string of the molecule is CC(OC(=O)c1cc2c(s1)CCC2)C(=O)N(C)c1ccccc1. The number of likely N-dealkylation sites (N-methyl/N-ethyl adjacent to an activating group) is 1. The Morgan fingerprint density at radius 1 is 1.22 bits per heavy atom. The molecule has 1 aromatic carbocycles. The van der Waals surface area contributed by atoms with E-state index in [2.05, 4.69) is 0 Å². The van der Waals surface area contributed by atoms with Crippen LogP contribution >= 0.6 is 11.3 Å². The predicted molar refractivity (Wildman–Crippen MR) is 91.1 cm³/mol. The molecule has 0 spiro atoms. The Kier molecular flexibility index (Phi) is 4.48. The van der Waals surface area contributed by atoms with Crippen LogP contribution in [0, 0.1) is 0 Å². The number of ether oxygens (including phenoxy) is 1. The molecule has 23 heavy (non-hydrogen) atoms. The van der Waals surface area contributed by atoms with Crippen LogP contribution in [0.3, 0.4) is 0 Å². The molecule has 0 fully saturated rings. The molecule has 120 valence electrons. The summed E-state index contributed by atoms with van der Waals surface area (Å²) in [5.74, 6) is -0.652. The lowest BCUT2D eigenvalue weighted by atomic mass is 10.2. The molecule has 0 radical (unpaired) electrons. The number of esters is 1. The summed E-state index contributed by atoms with van der Waals surface area (Å²) in [6.45, 7) is 1.61. The lowest BCUT2D eigenvalue weighted by molar-refractivity contribution is -0.126. The molecule has 4 nitrogen and oxygen atoms in total. The first-order chi connectivity index (χ1) is 11.1. The van der Waals surface area contributed by atoms with Gasteiger partial charge >= 0.3 is 5.97 Å². The average Bonchev–Trinajstić information content (AvgIpc) is 3.15. The van der Waals surface area contributed by atoms with Crippen molar-refractivity contribution in [1.29, 1.82) is 0 Å². The maximum absolute atomic E-state index is 12.4. The van der Waals surface area contributed by atoms with Crippen LogP contribution in [0.2, 0.25) is 0 Å². The molecule has 1 heterocycles. The van der Waals surface area contributed by atoms with Crippen LogP contribution in [0.1, 0.15) is 33.5 Å². The zero-order chi connectivity index (χ0) is 16.4. The van der Waals surface area contributed by atoms with E-state index in [-0.39, 0.29) is 5.91 Å². The number of hydrogen-bond donors (Lipinski definition) is 0. The number of anilines is 1. The number of para-hydroxylation sites is 1. The largest absolute Gasteiger partial charge is 0.448 e. The fourth-order valence-corrected chi connectivity index (χ4v) is 3.89. The Bertz CT molecular complexity index is 702. The zero-order valence-electron chi connectivity index (χ0n) is 13.2. The van der Waals surface area contributed by atoms with Crippen molar-refractivity contribution in [3.05, 3.63) is 51.7 Å². The van der Waals surface area contributed by atoms with Gasteiger partial charge in [0.05, 0.1) is 0 Å². The molecular formula is C18H19NO3S. The molecule has 1 aliphatic carbocycles. The number of fused-ring (bicyclic) bond motifs is 1. The molecule has 0 N–H and O–H groups in total. The van der Waals surface area contributed by atoms with Crippen molar-refractivity contribution in [1.82, 2.24) is 0 Å². The molecule has 1 aromatic heterocycles. The Morgan fingerprint density at radius 2 is 1.96 bits per heavy atom. The molecule has 0 saturated heterocycles. The van der Waals surface area contributed by atoms with E-state index in [0.29, 0.717) is 4.88 Å². The molecule has 5 heteroatoms. The topological polar surface area (TPSA) is 46.6 Å². The third-order valence-corrected chi connectivity index (χ3v) is 5.27. The maximum Gasteiger partial charge on any atom is 0.349 e. The van der Waals surface area contributed by atoms with Crippen LogP contribution < -0.4 is 4.90 Å². The van der Waals surface area contributed by atoms with Gasteiger partial charge in [0.25, 0.3) is 5.91 Å². The third kappa shape index (κ3) is 3.29. The molecule has 0 aliphatic heterocycles. The zero-order valence-corrected chi connectivity index (χ0v) is 14.1. The van der Waals surface area contributed by atoms with Crippen molar-refractivity contribution in [3.8, 4) is 0 Å². The second kappa shape index (κ2) is 6.54. The van der Waals surface area contributed by atoms with Gasteiger partial charge in [-0.15, -0.1) is 11.3 Å². The summed E-state index contributed by atoms with van der Waals surface area (Å²) >= 11 is 1.49. The molecule has 0 saturated carbocycles. The number of hydrogen-bond acceptors (Lipinski definition) is 4. The molecule has 1 amide bonds. The highest BCUT2D eigenvalue weighted by molar-refractivity contribution is 7.14. The molecule has 1 aliphatic rings. The second-order valence-corrected chi connectivity index (χ2v) is 6.83. The van der Waals surface area contributed by atoms with Gasteiger partial charge in [-0.3, -0.25) is 4.79 Å². The van der Waals surface area contributed by atoms with E-state index in [9.17, 15) is 9.59 Å². The van der Waals surface area contributed by atoms with E-state index < -0.39 is 12.1 Å². The Hall–Kier alpha value is -2.14. The molecule has 0 bridgehead atoms. The fraction of sp³-hybridized carbons (Fsp3) is 0.333. The van der Waals surface area contributed by atoms with E-state index in [0.717, 1.165) is 24.9 Å². The van der Waals surface area contributed by atoms with Gasteiger partial charge in [-0.1, -0.05) is 18.2 Å². The highest BCUT2D eigenvalue weighted by atomic mass is 32.1. The van der Waals surface area contributed by atoms with Crippen LogP contribution in [0.15, 0.2) is 36.4 Å². The lowest BCUT2D eigenvalue weighted by Gasteiger charge is -2.21. The first-order valence-electron chi connectivity index (χ1n) is 7.71. The Balaban J connectivity index is 1.64. The summed E-state index contributed by atoms with van der Waals surface area (Å²) < 4.78 is 5.36. The van der Waals surface area contributed by atoms with E-state index in [1.54, 1.807) is 14.0 Å². The summed E-state index contributed by atoms with van der Waals surface area (Å²) in [7, 11) is 1.68. The number of carbonyl (C=O) groups excluding carboxylic acids is 2. The van der Waals surface area contributed by atoms with Gasteiger partial charge in [-0.25, -0.2) is 4.79 Å². The van der Waals surface area contributed by atoms with Gasteiger partial charge in [-0.05, 0) is 49.9 Å². The number of rotatable bonds is 4. The quantitative estimate of drug-likeness (QED) is 0.807. The number of thiophene rings is 1. The smallest absolute Gasteiger partial charge is 0.349 e. The Labute approximate surface area is 139 Å². The summed E-state index contributed by atoms with van der Waals surface area (Å²) in [6, 6.07) is 11.2. The van der Waals surface area contributed by atoms with Crippen LogP contribution in [-0.4, -0.2) is 25.0 Å². The second-order valence-electron chi connectivity index (χ2n) is 5.69. The number of nitrogens with zero attached hydrogens (tertiary/aromatic N) is 1. The number of aryl methyl sites for hydroxylation is 2.